The Bertz CT molecular complexity index is 1060. The van der Waals surface area contributed by atoms with Gasteiger partial charge < -0.3 is 10.1 Å². The summed E-state index contributed by atoms with van der Waals surface area (Å²) in [5.41, 5.74) is 4.66. The van der Waals surface area contributed by atoms with E-state index in [-0.39, 0.29) is 0 Å². The van der Waals surface area contributed by atoms with E-state index >= 15 is 0 Å². The topological polar surface area (TPSA) is 77.2 Å². The standard InChI is InChI=1S/C17H16N6O/c1-10-4-5-12(24-3)7-13(10)14-6-11-8-19-17(18-2)21-15(11)23-9-20-22-16(14)23/h4-9H,1-3H3,(H,18,19,21). The molecule has 0 aliphatic rings. The number of benzene rings is 1. The van der Waals surface area contributed by atoms with Crippen LogP contribution in [0.1, 0.15) is 5.56 Å². The highest BCUT2D eigenvalue weighted by Gasteiger charge is 2.14. The highest BCUT2D eigenvalue weighted by Crippen LogP contribution is 2.32. The fraction of sp³-hybridized carbons (Fsp3) is 0.176. The minimum atomic E-state index is 0.558. The molecular weight excluding hydrogens is 304 g/mol. The number of aromatic nitrogens is 5. The number of nitrogens with one attached hydrogen (secondary N) is 1. The molecule has 7 heteroatoms. The molecule has 120 valence electrons. The zero-order valence-electron chi connectivity index (χ0n) is 13.6. The average Bonchev–Trinajstić information content (AvgIpc) is 3.11. The zero-order valence-corrected chi connectivity index (χ0v) is 13.6. The van der Waals surface area contributed by atoms with Gasteiger partial charge in [-0.1, -0.05) is 6.07 Å². The molecule has 3 heterocycles. The molecule has 4 aromatic rings. The van der Waals surface area contributed by atoms with E-state index in [0.29, 0.717) is 5.95 Å². The molecule has 0 amide bonds. The van der Waals surface area contributed by atoms with Crippen LogP contribution in [0.5, 0.6) is 5.75 Å². The van der Waals surface area contributed by atoms with Crippen molar-refractivity contribution in [2.75, 3.05) is 19.5 Å². The molecule has 0 aliphatic heterocycles. The lowest BCUT2D eigenvalue weighted by Gasteiger charge is -2.11. The van der Waals surface area contributed by atoms with Crippen LogP contribution in [-0.4, -0.2) is 38.7 Å². The van der Waals surface area contributed by atoms with Crippen molar-refractivity contribution in [3.63, 3.8) is 0 Å². The van der Waals surface area contributed by atoms with Gasteiger partial charge in [-0.2, -0.15) is 4.98 Å². The molecule has 1 N–H and O–H groups in total. The van der Waals surface area contributed by atoms with E-state index in [1.54, 1.807) is 26.7 Å². The third-order valence-corrected chi connectivity index (χ3v) is 4.07. The van der Waals surface area contributed by atoms with Crippen LogP contribution in [-0.2, 0) is 0 Å². The Kier molecular flexibility index (Phi) is 3.26. The predicted octanol–water partition coefficient (Wildman–Crippen LogP) is 2.70. The fourth-order valence-corrected chi connectivity index (χ4v) is 2.81. The second-order valence-corrected chi connectivity index (χ2v) is 5.49. The number of anilines is 1. The van der Waals surface area contributed by atoms with Gasteiger partial charge in [0.05, 0.1) is 7.11 Å². The van der Waals surface area contributed by atoms with Crippen LogP contribution < -0.4 is 10.1 Å². The van der Waals surface area contributed by atoms with Gasteiger partial charge in [-0.15, -0.1) is 10.2 Å². The van der Waals surface area contributed by atoms with Crippen molar-refractivity contribution in [2.45, 2.75) is 6.92 Å². The van der Waals surface area contributed by atoms with Gasteiger partial charge in [-0.05, 0) is 36.2 Å². The maximum absolute atomic E-state index is 5.37. The molecule has 0 aliphatic carbocycles. The van der Waals surface area contributed by atoms with Gasteiger partial charge in [0.2, 0.25) is 5.95 Å². The van der Waals surface area contributed by atoms with Gasteiger partial charge >= 0.3 is 0 Å². The lowest BCUT2D eigenvalue weighted by atomic mass is 10.0. The van der Waals surface area contributed by atoms with Crippen molar-refractivity contribution < 1.29 is 4.74 Å². The van der Waals surface area contributed by atoms with E-state index in [2.05, 4.69) is 32.4 Å². The Balaban J connectivity index is 2.07. The Hall–Kier alpha value is -3.22. The van der Waals surface area contributed by atoms with Crippen LogP contribution in [0.4, 0.5) is 5.95 Å². The molecule has 0 saturated heterocycles. The molecule has 7 nitrogen and oxygen atoms in total. The number of nitrogens with zero attached hydrogens (tertiary/aromatic N) is 5. The number of hydrogen-bond acceptors (Lipinski definition) is 6. The summed E-state index contributed by atoms with van der Waals surface area (Å²) in [6.45, 7) is 2.06. The Morgan fingerprint density at radius 2 is 2.00 bits per heavy atom. The molecule has 0 radical (unpaired) electrons. The molecule has 0 spiro atoms. The fourth-order valence-electron chi connectivity index (χ4n) is 2.81. The number of pyridine rings is 1. The van der Waals surface area contributed by atoms with Crippen LogP contribution in [0.15, 0.2) is 36.8 Å². The molecular formula is C17H16N6O. The molecule has 0 unspecified atom stereocenters. The van der Waals surface area contributed by atoms with Crippen molar-refractivity contribution in [2.24, 2.45) is 0 Å². The summed E-state index contributed by atoms with van der Waals surface area (Å²) >= 11 is 0. The first kappa shape index (κ1) is 14.4. The molecule has 1 aromatic carbocycles. The first-order chi connectivity index (χ1) is 11.7. The van der Waals surface area contributed by atoms with E-state index in [0.717, 1.165) is 39.1 Å². The third-order valence-electron chi connectivity index (χ3n) is 4.07. The smallest absolute Gasteiger partial charge is 0.224 e. The van der Waals surface area contributed by atoms with E-state index in [1.807, 2.05) is 28.7 Å². The van der Waals surface area contributed by atoms with Gasteiger partial charge in [0.1, 0.15) is 12.1 Å². The summed E-state index contributed by atoms with van der Waals surface area (Å²) in [6.07, 6.45) is 3.47. The molecule has 0 fully saturated rings. The quantitative estimate of drug-likeness (QED) is 0.625. The first-order valence-corrected chi connectivity index (χ1v) is 7.53. The number of methoxy groups -OCH3 is 1. The highest BCUT2D eigenvalue weighted by atomic mass is 16.5. The SMILES string of the molecule is CNc1ncc2cc(-c3cc(OC)ccc3C)c3nncn3c2n1. The number of ether oxygens (including phenoxy) is 1. The Morgan fingerprint density at radius 3 is 2.79 bits per heavy atom. The Morgan fingerprint density at radius 1 is 1.12 bits per heavy atom. The Labute approximate surface area is 138 Å². The van der Waals surface area contributed by atoms with Crippen molar-refractivity contribution in [1.82, 2.24) is 24.6 Å². The van der Waals surface area contributed by atoms with E-state index in [1.165, 1.54) is 0 Å². The summed E-state index contributed by atoms with van der Waals surface area (Å²) in [7, 11) is 3.45. The third kappa shape index (κ3) is 2.13. The number of fused-ring (bicyclic) bond motifs is 3. The number of aryl methyl sites for hydroxylation is 1. The summed E-state index contributed by atoms with van der Waals surface area (Å²) in [4.78, 5) is 8.83. The van der Waals surface area contributed by atoms with Crippen molar-refractivity contribution in [1.29, 1.82) is 0 Å². The van der Waals surface area contributed by atoms with Crippen LogP contribution >= 0.6 is 0 Å². The maximum atomic E-state index is 5.37. The van der Waals surface area contributed by atoms with Gasteiger partial charge in [-0.25, -0.2) is 4.98 Å². The maximum Gasteiger partial charge on any atom is 0.224 e. The predicted molar refractivity (Wildman–Crippen MR) is 92.4 cm³/mol. The van der Waals surface area contributed by atoms with Crippen molar-refractivity contribution in [3.05, 3.63) is 42.4 Å². The van der Waals surface area contributed by atoms with Gasteiger partial charge in [0.15, 0.2) is 11.3 Å². The molecule has 0 saturated carbocycles. The van der Waals surface area contributed by atoms with Crippen LogP contribution in [0.3, 0.4) is 0 Å². The second-order valence-electron chi connectivity index (χ2n) is 5.49. The summed E-state index contributed by atoms with van der Waals surface area (Å²) in [6, 6.07) is 8.03. The zero-order chi connectivity index (χ0) is 16.7. The highest BCUT2D eigenvalue weighted by molar-refractivity contribution is 5.90. The van der Waals surface area contributed by atoms with Crippen LogP contribution in [0.25, 0.3) is 27.8 Å². The van der Waals surface area contributed by atoms with Crippen LogP contribution in [0.2, 0.25) is 0 Å². The second kappa shape index (κ2) is 5.45. The largest absolute Gasteiger partial charge is 0.497 e. The lowest BCUT2D eigenvalue weighted by molar-refractivity contribution is 0.415. The molecule has 24 heavy (non-hydrogen) atoms. The molecule has 0 bridgehead atoms. The van der Waals surface area contributed by atoms with Gasteiger partial charge in [-0.3, -0.25) is 4.40 Å². The van der Waals surface area contributed by atoms with Crippen molar-refractivity contribution in [3.8, 4) is 16.9 Å². The molecule has 4 rings (SSSR count). The van der Waals surface area contributed by atoms with E-state index < -0.39 is 0 Å². The lowest BCUT2D eigenvalue weighted by Crippen LogP contribution is -2.00. The minimum Gasteiger partial charge on any atom is -0.497 e. The normalized spacial score (nSPS) is 11.1. The monoisotopic (exact) mass is 320 g/mol. The van der Waals surface area contributed by atoms with Gasteiger partial charge in [0, 0.05) is 24.2 Å². The number of hydrogen-bond donors (Lipinski definition) is 1. The van der Waals surface area contributed by atoms with Gasteiger partial charge in [0.25, 0.3) is 0 Å². The summed E-state index contributed by atoms with van der Waals surface area (Å²) < 4.78 is 7.25. The van der Waals surface area contributed by atoms with E-state index in [4.69, 9.17) is 4.74 Å². The van der Waals surface area contributed by atoms with Crippen molar-refractivity contribution >= 4 is 22.6 Å². The minimum absolute atomic E-state index is 0.558. The molecule has 0 atom stereocenters. The van der Waals surface area contributed by atoms with E-state index in [9.17, 15) is 0 Å². The van der Waals surface area contributed by atoms with Crippen LogP contribution in [0, 0.1) is 6.92 Å². The number of rotatable bonds is 3. The molecule has 3 aromatic heterocycles. The first-order valence-electron chi connectivity index (χ1n) is 7.53. The summed E-state index contributed by atoms with van der Waals surface area (Å²) in [5.74, 6) is 1.36. The average molecular weight is 320 g/mol. The summed E-state index contributed by atoms with van der Waals surface area (Å²) in [5, 5.41) is 12.2.